The average Bonchev–Trinajstić information content (AvgIpc) is 2.70. The van der Waals surface area contributed by atoms with Gasteiger partial charge in [-0.15, -0.1) is 0 Å². The molecule has 1 fully saturated rings. The van der Waals surface area contributed by atoms with Crippen molar-refractivity contribution in [3.63, 3.8) is 0 Å². The minimum absolute atomic E-state index is 0.00814. The summed E-state index contributed by atoms with van der Waals surface area (Å²) in [6.07, 6.45) is 0.191. The van der Waals surface area contributed by atoms with Crippen molar-refractivity contribution in [2.45, 2.75) is 34.8 Å². The molecule has 0 saturated carbocycles. The van der Waals surface area contributed by atoms with E-state index in [9.17, 15) is 25.6 Å². The summed E-state index contributed by atoms with van der Waals surface area (Å²) < 4.78 is 84.4. The molecule has 158 valence electrons. The highest BCUT2D eigenvalue weighted by atomic mass is 32.2. The summed E-state index contributed by atoms with van der Waals surface area (Å²) in [4.78, 5) is -0.202. The summed E-state index contributed by atoms with van der Waals surface area (Å²) in [6, 6.07) is 8.00. The first-order chi connectivity index (χ1) is 13.7. The number of nitrogens with zero attached hydrogens (tertiary/aromatic N) is 1. The second-order valence-corrected chi connectivity index (χ2v) is 10.8. The molecular weight excluding hydrogens is 424 g/mol. The van der Waals surface area contributed by atoms with Gasteiger partial charge in [-0.1, -0.05) is 0 Å². The lowest BCUT2D eigenvalue weighted by Gasteiger charge is -2.31. The van der Waals surface area contributed by atoms with Gasteiger partial charge in [-0.2, -0.15) is 4.31 Å². The number of piperidine rings is 1. The lowest BCUT2D eigenvalue weighted by molar-refractivity contribution is 0.320. The third kappa shape index (κ3) is 4.44. The molecule has 0 atom stereocenters. The molecule has 1 aliphatic heterocycles. The molecule has 10 heteroatoms. The molecule has 0 aliphatic carbocycles. The third-order valence-corrected chi connectivity index (χ3v) is 9.00. The Morgan fingerprint density at radius 2 is 1.55 bits per heavy atom. The molecule has 0 unspecified atom stereocenters. The van der Waals surface area contributed by atoms with Crippen molar-refractivity contribution >= 4 is 19.9 Å². The van der Waals surface area contributed by atoms with Gasteiger partial charge >= 0.3 is 0 Å². The fraction of sp³-hybridized carbons (Fsp3) is 0.368. The minimum atomic E-state index is -3.96. The maximum absolute atomic E-state index is 14.1. The van der Waals surface area contributed by atoms with E-state index in [0.717, 1.165) is 22.5 Å². The molecule has 0 N–H and O–H groups in total. The first kappa shape index (κ1) is 21.7. The molecule has 3 rings (SSSR count). The van der Waals surface area contributed by atoms with Crippen molar-refractivity contribution in [1.82, 2.24) is 4.31 Å². The highest BCUT2D eigenvalue weighted by molar-refractivity contribution is 7.92. The molecule has 1 aliphatic rings. The number of halogens is 2. The van der Waals surface area contributed by atoms with Crippen LogP contribution < -0.4 is 4.74 Å². The Bertz CT molecular complexity index is 1080. The van der Waals surface area contributed by atoms with Crippen LogP contribution in [0.15, 0.2) is 52.3 Å². The number of sulfonamides is 1. The summed E-state index contributed by atoms with van der Waals surface area (Å²) in [5, 5.41) is -0.767. The topological polar surface area (TPSA) is 80.8 Å². The zero-order valence-corrected chi connectivity index (χ0v) is 17.3. The van der Waals surface area contributed by atoms with Crippen LogP contribution in [0, 0.1) is 11.6 Å². The van der Waals surface area contributed by atoms with E-state index in [1.807, 2.05) is 0 Å². The van der Waals surface area contributed by atoms with Crippen molar-refractivity contribution in [2.75, 3.05) is 19.7 Å². The first-order valence-corrected chi connectivity index (χ1v) is 12.1. The predicted octanol–water partition coefficient (Wildman–Crippen LogP) is 2.99. The van der Waals surface area contributed by atoms with E-state index >= 15 is 0 Å². The normalized spacial score (nSPS) is 16.7. The Hall–Kier alpha value is -2.04. The van der Waals surface area contributed by atoms with E-state index in [4.69, 9.17) is 4.74 Å². The Balaban J connectivity index is 1.74. The number of sulfone groups is 1. The monoisotopic (exact) mass is 445 g/mol. The Labute approximate surface area is 169 Å². The molecule has 1 heterocycles. The summed E-state index contributed by atoms with van der Waals surface area (Å²) in [5.74, 6) is -1.34. The molecular formula is C19H21F2NO5S2. The number of rotatable bonds is 6. The Kier molecular flexibility index (Phi) is 6.25. The molecule has 1 saturated heterocycles. The van der Waals surface area contributed by atoms with Crippen molar-refractivity contribution in [3.05, 3.63) is 54.1 Å². The van der Waals surface area contributed by atoms with E-state index in [1.54, 1.807) is 6.92 Å². The summed E-state index contributed by atoms with van der Waals surface area (Å²) in [5.41, 5.74) is 0. The summed E-state index contributed by atoms with van der Waals surface area (Å²) in [7, 11) is -7.66. The van der Waals surface area contributed by atoms with E-state index in [0.29, 0.717) is 0 Å². The summed E-state index contributed by atoms with van der Waals surface area (Å²) in [6.45, 7) is 1.91. The standard InChI is InChI=1S/C19H21F2NO5S2/c1-2-27-19-8-7-17(13-18(19)21)29(25,26)22-11-9-16(10-12-22)28(23,24)15-5-3-14(20)4-6-15/h3-8,13,16H,2,9-12H2,1H3. The fourth-order valence-corrected chi connectivity index (χ4v) is 6.48. The largest absolute Gasteiger partial charge is 0.491 e. The van der Waals surface area contributed by atoms with Crippen LogP contribution in [0.4, 0.5) is 8.78 Å². The average molecular weight is 446 g/mol. The van der Waals surface area contributed by atoms with Crippen LogP contribution in [0.5, 0.6) is 5.75 Å². The lowest BCUT2D eigenvalue weighted by Crippen LogP contribution is -2.42. The molecule has 29 heavy (non-hydrogen) atoms. The van der Waals surface area contributed by atoms with E-state index in [2.05, 4.69) is 0 Å². The lowest BCUT2D eigenvalue weighted by atomic mass is 10.2. The molecule has 2 aromatic rings. The molecule has 0 radical (unpaired) electrons. The molecule has 0 spiro atoms. The van der Waals surface area contributed by atoms with E-state index < -0.39 is 36.7 Å². The quantitative estimate of drug-likeness (QED) is 0.639. The number of ether oxygens (including phenoxy) is 1. The van der Waals surface area contributed by atoms with Crippen LogP contribution in [0.2, 0.25) is 0 Å². The smallest absolute Gasteiger partial charge is 0.243 e. The van der Waals surface area contributed by atoms with Gasteiger partial charge in [-0.05, 0) is 62.2 Å². The zero-order chi connectivity index (χ0) is 21.2. The molecule has 2 aromatic carbocycles. The van der Waals surface area contributed by atoms with Gasteiger partial charge in [0, 0.05) is 13.1 Å². The number of hydrogen-bond donors (Lipinski definition) is 0. The Morgan fingerprint density at radius 1 is 0.966 bits per heavy atom. The summed E-state index contributed by atoms with van der Waals surface area (Å²) >= 11 is 0. The van der Waals surface area contributed by atoms with Gasteiger partial charge in [-0.3, -0.25) is 0 Å². The van der Waals surface area contributed by atoms with Crippen LogP contribution in [-0.2, 0) is 19.9 Å². The van der Waals surface area contributed by atoms with Gasteiger partial charge in [0.2, 0.25) is 10.0 Å². The number of benzene rings is 2. The van der Waals surface area contributed by atoms with E-state index in [1.165, 1.54) is 24.3 Å². The highest BCUT2D eigenvalue weighted by Gasteiger charge is 2.36. The van der Waals surface area contributed by atoms with Crippen molar-refractivity contribution in [1.29, 1.82) is 0 Å². The first-order valence-electron chi connectivity index (χ1n) is 9.08. The van der Waals surface area contributed by atoms with Crippen molar-refractivity contribution < 1.29 is 30.4 Å². The predicted molar refractivity (Wildman–Crippen MR) is 103 cm³/mol. The zero-order valence-electron chi connectivity index (χ0n) is 15.7. The highest BCUT2D eigenvalue weighted by Crippen LogP contribution is 2.29. The van der Waals surface area contributed by atoms with Crippen molar-refractivity contribution in [3.8, 4) is 5.75 Å². The van der Waals surface area contributed by atoms with Crippen LogP contribution in [0.25, 0.3) is 0 Å². The van der Waals surface area contributed by atoms with Gasteiger partial charge in [0.1, 0.15) is 5.82 Å². The van der Waals surface area contributed by atoms with Gasteiger partial charge in [0.25, 0.3) is 0 Å². The van der Waals surface area contributed by atoms with Crippen LogP contribution in [0.3, 0.4) is 0 Å². The third-order valence-electron chi connectivity index (χ3n) is 4.82. The van der Waals surface area contributed by atoms with Crippen LogP contribution >= 0.6 is 0 Å². The van der Waals surface area contributed by atoms with Gasteiger partial charge in [0.05, 0.1) is 21.6 Å². The maximum atomic E-state index is 14.1. The van der Waals surface area contributed by atoms with Crippen LogP contribution in [0.1, 0.15) is 19.8 Å². The van der Waals surface area contributed by atoms with Crippen LogP contribution in [-0.4, -0.2) is 46.1 Å². The van der Waals surface area contributed by atoms with Gasteiger partial charge in [-0.25, -0.2) is 25.6 Å². The van der Waals surface area contributed by atoms with Crippen molar-refractivity contribution in [2.24, 2.45) is 0 Å². The fourth-order valence-electron chi connectivity index (χ4n) is 3.26. The molecule has 0 bridgehead atoms. The molecule has 0 amide bonds. The van der Waals surface area contributed by atoms with E-state index in [-0.39, 0.29) is 48.1 Å². The Morgan fingerprint density at radius 3 is 2.10 bits per heavy atom. The second-order valence-electron chi connectivity index (χ2n) is 6.63. The molecule has 0 aromatic heterocycles. The second kappa shape index (κ2) is 8.37. The van der Waals surface area contributed by atoms with Gasteiger partial charge < -0.3 is 4.74 Å². The number of hydrogen-bond acceptors (Lipinski definition) is 5. The van der Waals surface area contributed by atoms with Gasteiger partial charge in [0.15, 0.2) is 21.4 Å². The maximum Gasteiger partial charge on any atom is 0.243 e. The molecule has 6 nitrogen and oxygen atoms in total. The minimum Gasteiger partial charge on any atom is -0.491 e. The SMILES string of the molecule is CCOc1ccc(S(=O)(=O)N2CCC(S(=O)(=O)c3ccc(F)cc3)CC2)cc1F.